The highest BCUT2D eigenvalue weighted by Gasteiger charge is 2.34. The van der Waals surface area contributed by atoms with E-state index < -0.39 is 5.91 Å². The highest BCUT2D eigenvalue weighted by molar-refractivity contribution is 5.92. The smallest absolute Gasteiger partial charge is 0.320 e. The number of anilines is 1. The maximum Gasteiger partial charge on any atom is 0.320 e. The predicted molar refractivity (Wildman–Crippen MR) is 135 cm³/mol. The third-order valence-electron chi connectivity index (χ3n) is 7.64. The molecule has 186 valence electrons. The molecule has 5 rings (SSSR count). The minimum Gasteiger partial charge on any atom is -0.364 e. The first-order chi connectivity index (χ1) is 17.0. The molecule has 0 saturated carbocycles. The van der Waals surface area contributed by atoms with Crippen LogP contribution >= 0.6 is 0 Å². The molecule has 0 spiro atoms. The van der Waals surface area contributed by atoms with Crippen LogP contribution in [0.3, 0.4) is 0 Å². The van der Waals surface area contributed by atoms with Crippen molar-refractivity contribution < 1.29 is 9.59 Å². The number of benzene rings is 1. The maximum atomic E-state index is 12.5. The summed E-state index contributed by atoms with van der Waals surface area (Å²) in [6.45, 7) is 5.23. The molecule has 0 radical (unpaired) electrons. The van der Waals surface area contributed by atoms with Gasteiger partial charge in [-0.05, 0) is 55.8 Å². The van der Waals surface area contributed by atoms with Crippen molar-refractivity contribution in [2.75, 3.05) is 51.2 Å². The zero-order valence-corrected chi connectivity index (χ0v) is 20.4. The van der Waals surface area contributed by atoms with E-state index in [0.29, 0.717) is 24.6 Å². The van der Waals surface area contributed by atoms with Crippen molar-refractivity contribution in [2.45, 2.75) is 44.1 Å². The molecule has 3 aliphatic heterocycles. The molecule has 3 N–H and O–H groups in total. The quantitative estimate of drug-likeness (QED) is 0.659. The van der Waals surface area contributed by atoms with E-state index in [-0.39, 0.29) is 17.8 Å². The number of urea groups is 1. The normalized spacial score (nSPS) is 21.6. The van der Waals surface area contributed by atoms with Crippen molar-refractivity contribution in [2.24, 2.45) is 5.73 Å². The minimum atomic E-state index is -0.562. The summed E-state index contributed by atoms with van der Waals surface area (Å²) in [6.07, 6.45) is 6.43. The Hall–Kier alpha value is -3.20. The molecule has 35 heavy (non-hydrogen) atoms. The van der Waals surface area contributed by atoms with Crippen molar-refractivity contribution in [3.63, 3.8) is 0 Å². The van der Waals surface area contributed by atoms with Gasteiger partial charge in [-0.1, -0.05) is 24.3 Å². The van der Waals surface area contributed by atoms with E-state index in [1.165, 1.54) is 5.56 Å². The Morgan fingerprint density at radius 3 is 2.57 bits per heavy atom. The molecule has 0 aliphatic carbocycles. The lowest BCUT2D eigenvalue weighted by atomic mass is 9.89. The second kappa shape index (κ2) is 10.2. The predicted octanol–water partition coefficient (Wildman–Crippen LogP) is 1.97. The first-order valence-electron chi connectivity index (χ1n) is 12.7. The van der Waals surface area contributed by atoms with Crippen molar-refractivity contribution in [1.29, 1.82) is 0 Å². The van der Waals surface area contributed by atoms with Crippen molar-refractivity contribution >= 4 is 17.8 Å². The number of hydrogen-bond donors (Lipinski definition) is 2. The monoisotopic (exact) mass is 477 g/mol. The first-order valence-corrected chi connectivity index (χ1v) is 12.7. The van der Waals surface area contributed by atoms with E-state index in [1.807, 2.05) is 11.9 Å². The van der Waals surface area contributed by atoms with Gasteiger partial charge in [-0.2, -0.15) is 0 Å². The average Bonchev–Trinajstić information content (AvgIpc) is 3.23. The molecule has 3 aliphatic rings. The van der Waals surface area contributed by atoms with Crippen LogP contribution in [0.5, 0.6) is 0 Å². The third-order valence-corrected chi connectivity index (χ3v) is 7.64. The van der Waals surface area contributed by atoms with Gasteiger partial charge in [0.25, 0.3) is 5.91 Å². The number of aromatic nitrogens is 2. The maximum absolute atomic E-state index is 12.5. The minimum absolute atomic E-state index is 0.0978. The largest absolute Gasteiger partial charge is 0.364 e. The standard InChI is InChI=1S/C26H35N7O2/c1-31-13-14-33(26(31)35)21-3-2-12-32(17-21)23-16-29-24(25(27)34)22(30-23)15-18-4-6-19(7-5-18)20-8-10-28-11-9-20/h4-7,16,20-21,28H,2-3,8-15,17H2,1H3,(H2,27,34)/t21-/m1/s1. The van der Waals surface area contributed by atoms with Crippen molar-refractivity contribution in [3.05, 3.63) is 53.0 Å². The fourth-order valence-corrected chi connectivity index (χ4v) is 5.58. The lowest BCUT2D eigenvalue weighted by Gasteiger charge is -2.37. The lowest BCUT2D eigenvalue weighted by molar-refractivity contribution is 0.0994. The number of hydrogen-bond acceptors (Lipinski definition) is 6. The van der Waals surface area contributed by atoms with Gasteiger partial charge in [0.15, 0.2) is 0 Å². The topological polar surface area (TPSA) is 108 Å². The molecule has 3 saturated heterocycles. The summed E-state index contributed by atoms with van der Waals surface area (Å²) in [6, 6.07) is 8.91. The van der Waals surface area contributed by atoms with Gasteiger partial charge in [0.2, 0.25) is 0 Å². The van der Waals surface area contributed by atoms with E-state index >= 15 is 0 Å². The summed E-state index contributed by atoms with van der Waals surface area (Å²) in [5.41, 5.74) is 8.92. The average molecular weight is 478 g/mol. The summed E-state index contributed by atoms with van der Waals surface area (Å²) in [7, 11) is 1.85. The number of nitrogens with zero attached hydrogens (tertiary/aromatic N) is 5. The Morgan fingerprint density at radius 2 is 1.89 bits per heavy atom. The van der Waals surface area contributed by atoms with Gasteiger partial charge in [0.05, 0.1) is 17.9 Å². The Kier molecular flexibility index (Phi) is 6.86. The number of carbonyl (C=O) groups excluding carboxylic acids is 2. The Balaban J connectivity index is 1.33. The zero-order valence-electron chi connectivity index (χ0n) is 20.4. The number of rotatable bonds is 6. The second-order valence-electron chi connectivity index (χ2n) is 9.97. The fourth-order valence-electron chi connectivity index (χ4n) is 5.58. The Labute approximate surface area is 206 Å². The molecule has 4 heterocycles. The van der Waals surface area contributed by atoms with Crippen molar-refractivity contribution in [3.8, 4) is 0 Å². The SMILES string of the molecule is CN1CCN([C@@H]2CCCN(c3cnc(C(N)=O)c(Cc4ccc(C5CCNCC5)cc4)n3)C2)C1=O. The molecule has 1 aromatic carbocycles. The summed E-state index contributed by atoms with van der Waals surface area (Å²) in [4.78, 5) is 39.8. The molecule has 9 heteroatoms. The van der Waals surface area contributed by atoms with Gasteiger partial charge >= 0.3 is 6.03 Å². The summed E-state index contributed by atoms with van der Waals surface area (Å²) < 4.78 is 0. The van der Waals surface area contributed by atoms with E-state index in [2.05, 4.69) is 39.5 Å². The zero-order chi connectivity index (χ0) is 24.4. The van der Waals surface area contributed by atoms with Crippen LogP contribution in [0.25, 0.3) is 0 Å². The molecule has 1 atom stereocenters. The van der Waals surface area contributed by atoms with Crippen LogP contribution < -0.4 is 16.0 Å². The molecule has 9 nitrogen and oxygen atoms in total. The molecule has 3 fully saturated rings. The number of likely N-dealkylation sites (N-methyl/N-ethyl adjacent to an activating group) is 1. The second-order valence-corrected chi connectivity index (χ2v) is 9.97. The molecule has 2 aromatic rings. The number of nitrogens with two attached hydrogens (primary N) is 1. The van der Waals surface area contributed by atoms with Crippen LogP contribution in [0.1, 0.15) is 58.9 Å². The van der Waals surface area contributed by atoms with Gasteiger partial charge < -0.3 is 25.8 Å². The highest BCUT2D eigenvalue weighted by atomic mass is 16.2. The number of primary amides is 1. The van der Waals surface area contributed by atoms with E-state index in [1.54, 1.807) is 11.1 Å². The summed E-state index contributed by atoms with van der Waals surface area (Å²) >= 11 is 0. The van der Waals surface area contributed by atoms with Gasteiger partial charge in [0, 0.05) is 39.6 Å². The van der Waals surface area contributed by atoms with Gasteiger partial charge in [-0.15, -0.1) is 0 Å². The van der Waals surface area contributed by atoms with Crippen molar-refractivity contribution in [1.82, 2.24) is 25.1 Å². The van der Waals surface area contributed by atoms with E-state index in [4.69, 9.17) is 10.7 Å². The van der Waals surface area contributed by atoms with Crippen LogP contribution in [-0.4, -0.2) is 84.1 Å². The number of amides is 3. The van der Waals surface area contributed by atoms with Crippen LogP contribution in [-0.2, 0) is 6.42 Å². The van der Waals surface area contributed by atoms with Crippen LogP contribution in [0, 0.1) is 0 Å². The first kappa shape index (κ1) is 23.5. The lowest BCUT2D eigenvalue weighted by Crippen LogP contribution is -2.49. The van der Waals surface area contributed by atoms with Crippen LogP contribution in [0.2, 0.25) is 0 Å². The Morgan fingerprint density at radius 1 is 1.11 bits per heavy atom. The fraction of sp³-hybridized carbons (Fsp3) is 0.538. The molecule has 0 unspecified atom stereocenters. The molecule has 3 amide bonds. The van der Waals surface area contributed by atoms with Crippen LogP contribution in [0.4, 0.5) is 10.6 Å². The molecule has 0 bridgehead atoms. The molecule has 1 aromatic heterocycles. The van der Waals surface area contributed by atoms with E-state index in [0.717, 1.165) is 69.8 Å². The molecular formula is C26H35N7O2. The summed E-state index contributed by atoms with van der Waals surface area (Å²) in [5.74, 6) is 0.776. The van der Waals surface area contributed by atoms with Crippen LogP contribution in [0.15, 0.2) is 30.5 Å². The number of nitrogens with one attached hydrogen (secondary N) is 1. The molecular weight excluding hydrogens is 442 g/mol. The Bertz CT molecular complexity index is 1070. The van der Waals surface area contributed by atoms with Gasteiger partial charge in [-0.3, -0.25) is 4.79 Å². The van der Waals surface area contributed by atoms with E-state index in [9.17, 15) is 9.59 Å². The summed E-state index contributed by atoms with van der Waals surface area (Å²) in [5, 5.41) is 3.42. The third kappa shape index (κ3) is 5.10. The highest BCUT2D eigenvalue weighted by Crippen LogP contribution is 2.27. The number of carbonyl (C=O) groups is 2. The van der Waals surface area contributed by atoms with Gasteiger partial charge in [0.1, 0.15) is 11.5 Å². The van der Waals surface area contributed by atoms with Gasteiger partial charge in [-0.25, -0.2) is 14.8 Å². The number of piperidine rings is 2.